The van der Waals surface area contributed by atoms with E-state index in [0.717, 1.165) is 18.4 Å². The number of furan rings is 1. The van der Waals surface area contributed by atoms with Gasteiger partial charge >= 0.3 is 0 Å². The maximum Gasteiger partial charge on any atom is 0.259 e. The molecule has 1 amide bonds. The average molecular weight is 266 g/mol. The van der Waals surface area contributed by atoms with E-state index in [1.807, 2.05) is 24.3 Å². The Hall–Kier alpha value is -2.54. The van der Waals surface area contributed by atoms with E-state index in [1.54, 1.807) is 13.0 Å². The fourth-order valence-electron chi connectivity index (χ4n) is 2.28. The smallest absolute Gasteiger partial charge is 0.259 e. The Balaban J connectivity index is 1.75. The molecule has 1 aliphatic carbocycles. The van der Waals surface area contributed by atoms with E-state index in [-0.39, 0.29) is 11.3 Å². The number of nitrogens with zero attached hydrogens (tertiary/aromatic N) is 1. The molecule has 3 rings (SSSR count). The predicted molar refractivity (Wildman–Crippen MR) is 74.4 cm³/mol. The van der Waals surface area contributed by atoms with Crippen molar-refractivity contribution in [3.8, 4) is 6.07 Å². The third kappa shape index (κ3) is 2.08. The van der Waals surface area contributed by atoms with Crippen LogP contribution in [0.15, 0.2) is 41.0 Å². The summed E-state index contributed by atoms with van der Waals surface area (Å²) in [7, 11) is 0. The first-order valence-electron chi connectivity index (χ1n) is 6.52. The summed E-state index contributed by atoms with van der Waals surface area (Å²) in [5.74, 6) is 0.408. The van der Waals surface area contributed by atoms with Gasteiger partial charge in [-0.1, -0.05) is 12.1 Å². The summed E-state index contributed by atoms with van der Waals surface area (Å²) in [6.45, 7) is 1.75. The fourth-order valence-corrected chi connectivity index (χ4v) is 2.28. The van der Waals surface area contributed by atoms with E-state index in [4.69, 9.17) is 9.68 Å². The minimum atomic E-state index is -0.288. The molecule has 0 saturated heterocycles. The molecular formula is C16H14N2O2. The van der Waals surface area contributed by atoms with Gasteiger partial charge in [-0.25, -0.2) is 0 Å². The number of carbonyl (C=O) groups is 1. The maximum absolute atomic E-state index is 12.0. The number of nitrogens with one attached hydrogen (secondary N) is 1. The highest BCUT2D eigenvalue weighted by atomic mass is 16.3. The highest BCUT2D eigenvalue weighted by Crippen LogP contribution is 2.47. The first-order chi connectivity index (χ1) is 9.64. The lowest BCUT2D eigenvalue weighted by Gasteiger charge is -2.08. The molecule has 1 fully saturated rings. The summed E-state index contributed by atoms with van der Waals surface area (Å²) in [5.41, 5.74) is 1.99. The van der Waals surface area contributed by atoms with Crippen LogP contribution < -0.4 is 5.32 Å². The Bertz CT molecular complexity index is 688. The van der Waals surface area contributed by atoms with Crippen LogP contribution in [0.25, 0.3) is 0 Å². The van der Waals surface area contributed by atoms with Gasteiger partial charge in [-0.05, 0) is 43.5 Å². The van der Waals surface area contributed by atoms with Crippen LogP contribution in [-0.4, -0.2) is 5.91 Å². The highest BCUT2D eigenvalue weighted by molar-refractivity contribution is 6.04. The fraction of sp³-hybridized carbons (Fsp3) is 0.250. The van der Waals surface area contributed by atoms with Gasteiger partial charge in [-0.15, -0.1) is 0 Å². The number of benzene rings is 1. The number of carbonyl (C=O) groups excluding carboxylic acids is 1. The Labute approximate surface area is 117 Å². The van der Waals surface area contributed by atoms with Gasteiger partial charge in [0.15, 0.2) is 0 Å². The van der Waals surface area contributed by atoms with E-state index in [0.29, 0.717) is 17.0 Å². The quantitative estimate of drug-likeness (QED) is 0.925. The average Bonchev–Trinajstić information content (AvgIpc) is 3.14. The van der Waals surface area contributed by atoms with Gasteiger partial charge < -0.3 is 9.73 Å². The standard InChI is InChI=1S/C16H14N2O2/c1-11-14(6-9-20-11)15(19)18-13-4-2-12(3-5-13)16(10-17)7-8-16/h2-6,9H,7-8H2,1H3,(H,18,19). The van der Waals surface area contributed by atoms with Crippen molar-refractivity contribution < 1.29 is 9.21 Å². The van der Waals surface area contributed by atoms with Crippen molar-refractivity contribution in [2.45, 2.75) is 25.2 Å². The summed E-state index contributed by atoms with van der Waals surface area (Å²) >= 11 is 0. The van der Waals surface area contributed by atoms with Crippen molar-refractivity contribution >= 4 is 11.6 Å². The molecule has 0 spiro atoms. The molecule has 100 valence electrons. The zero-order chi connectivity index (χ0) is 14.2. The van der Waals surface area contributed by atoms with Gasteiger partial charge in [0.25, 0.3) is 5.91 Å². The SMILES string of the molecule is Cc1occc1C(=O)Nc1ccc(C2(C#N)CC2)cc1. The van der Waals surface area contributed by atoms with Crippen LogP contribution >= 0.6 is 0 Å². The lowest BCUT2D eigenvalue weighted by Crippen LogP contribution is -2.12. The molecule has 1 aromatic heterocycles. The minimum absolute atomic E-state index is 0.189. The van der Waals surface area contributed by atoms with Crippen molar-refractivity contribution in [2.24, 2.45) is 0 Å². The van der Waals surface area contributed by atoms with Crippen molar-refractivity contribution in [2.75, 3.05) is 5.32 Å². The molecule has 20 heavy (non-hydrogen) atoms. The van der Waals surface area contributed by atoms with Gasteiger partial charge in [0.1, 0.15) is 5.76 Å². The van der Waals surface area contributed by atoms with E-state index >= 15 is 0 Å². The molecule has 0 bridgehead atoms. The van der Waals surface area contributed by atoms with E-state index in [9.17, 15) is 4.79 Å². The summed E-state index contributed by atoms with van der Waals surface area (Å²) in [6, 6.07) is 11.5. The van der Waals surface area contributed by atoms with Crippen LogP contribution in [0.3, 0.4) is 0 Å². The number of aryl methyl sites for hydroxylation is 1. The van der Waals surface area contributed by atoms with Crippen LogP contribution in [0.2, 0.25) is 0 Å². The monoisotopic (exact) mass is 266 g/mol. The van der Waals surface area contributed by atoms with Gasteiger partial charge in [-0.3, -0.25) is 4.79 Å². The maximum atomic E-state index is 12.0. The largest absolute Gasteiger partial charge is 0.469 e. The molecule has 0 radical (unpaired) electrons. The Morgan fingerprint density at radius 2 is 2.00 bits per heavy atom. The lowest BCUT2D eigenvalue weighted by atomic mass is 9.98. The van der Waals surface area contributed by atoms with E-state index < -0.39 is 0 Å². The van der Waals surface area contributed by atoms with Crippen molar-refractivity contribution in [3.63, 3.8) is 0 Å². The van der Waals surface area contributed by atoms with Crippen LogP contribution in [0.5, 0.6) is 0 Å². The molecule has 4 heteroatoms. The number of nitriles is 1. The van der Waals surface area contributed by atoms with E-state index in [2.05, 4.69) is 11.4 Å². The van der Waals surface area contributed by atoms with E-state index in [1.165, 1.54) is 6.26 Å². The molecule has 2 aromatic rings. The van der Waals surface area contributed by atoms with Crippen molar-refractivity contribution in [3.05, 3.63) is 53.5 Å². The molecule has 1 N–H and O–H groups in total. The lowest BCUT2D eigenvalue weighted by molar-refractivity contribution is 0.102. The number of hydrogen-bond donors (Lipinski definition) is 1. The van der Waals surface area contributed by atoms with Crippen LogP contribution in [0, 0.1) is 18.3 Å². The molecular weight excluding hydrogens is 252 g/mol. The zero-order valence-corrected chi connectivity index (χ0v) is 11.1. The topological polar surface area (TPSA) is 66.0 Å². The third-order valence-electron chi connectivity index (χ3n) is 3.76. The summed E-state index contributed by atoms with van der Waals surface area (Å²) in [5, 5.41) is 12.0. The number of rotatable bonds is 3. The zero-order valence-electron chi connectivity index (χ0n) is 11.1. The summed E-state index contributed by atoms with van der Waals surface area (Å²) < 4.78 is 5.11. The second kappa shape index (κ2) is 4.53. The number of amides is 1. The van der Waals surface area contributed by atoms with Crippen LogP contribution in [0.1, 0.15) is 34.5 Å². The Morgan fingerprint density at radius 1 is 1.30 bits per heavy atom. The van der Waals surface area contributed by atoms with Gasteiger partial charge in [0.2, 0.25) is 0 Å². The van der Waals surface area contributed by atoms with Gasteiger partial charge in [0.05, 0.1) is 23.3 Å². The van der Waals surface area contributed by atoms with Crippen LogP contribution in [-0.2, 0) is 5.41 Å². The summed E-state index contributed by atoms with van der Waals surface area (Å²) in [6.07, 6.45) is 3.34. The Kier molecular flexibility index (Phi) is 2.83. The highest BCUT2D eigenvalue weighted by Gasteiger charge is 2.44. The van der Waals surface area contributed by atoms with Gasteiger partial charge in [0, 0.05) is 5.69 Å². The molecule has 0 aliphatic heterocycles. The normalized spacial score (nSPS) is 15.4. The first-order valence-corrected chi connectivity index (χ1v) is 6.52. The minimum Gasteiger partial charge on any atom is -0.469 e. The molecule has 4 nitrogen and oxygen atoms in total. The summed E-state index contributed by atoms with van der Waals surface area (Å²) in [4.78, 5) is 12.0. The predicted octanol–water partition coefficient (Wildman–Crippen LogP) is 3.40. The molecule has 0 unspecified atom stereocenters. The number of hydrogen-bond acceptors (Lipinski definition) is 3. The van der Waals surface area contributed by atoms with Crippen LogP contribution in [0.4, 0.5) is 5.69 Å². The molecule has 0 atom stereocenters. The molecule has 1 aliphatic rings. The molecule has 1 heterocycles. The first kappa shape index (κ1) is 12.5. The Morgan fingerprint density at radius 3 is 2.50 bits per heavy atom. The molecule has 1 saturated carbocycles. The van der Waals surface area contributed by atoms with Gasteiger partial charge in [-0.2, -0.15) is 5.26 Å². The van der Waals surface area contributed by atoms with Crippen molar-refractivity contribution in [1.82, 2.24) is 0 Å². The molecule has 1 aromatic carbocycles. The third-order valence-corrected chi connectivity index (χ3v) is 3.76. The number of anilines is 1. The second-order valence-corrected chi connectivity index (χ2v) is 5.12. The second-order valence-electron chi connectivity index (χ2n) is 5.12. The van der Waals surface area contributed by atoms with Crippen molar-refractivity contribution in [1.29, 1.82) is 5.26 Å².